The Morgan fingerprint density at radius 3 is 2.92 bits per heavy atom. The highest BCUT2D eigenvalue weighted by molar-refractivity contribution is 5.66. The summed E-state index contributed by atoms with van der Waals surface area (Å²) in [5, 5.41) is 13.5. The van der Waals surface area contributed by atoms with Crippen molar-refractivity contribution in [2.24, 2.45) is 0 Å². The summed E-state index contributed by atoms with van der Waals surface area (Å²) in [6.45, 7) is 1.17. The maximum Gasteiger partial charge on any atom is 0.331 e. The molecule has 0 aliphatic rings. The third-order valence-corrected chi connectivity index (χ3v) is 0.979. The van der Waals surface area contributed by atoms with Gasteiger partial charge in [-0.3, -0.25) is 10.1 Å². The summed E-state index contributed by atoms with van der Waals surface area (Å²) < 4.78 is 0. The molecule has 0 saturated carbocycles. The third kappa shape index (κ3) is 1.78. The molecule has 0 N–H and O–H groups in total. The Morgan fingerprint density at radius 1 is 1.83 bits per heavy atom. The van der Waals surface area contributed by atoms with E-state index in [9.17, 15) is 14.9 Å². The van der Waals surface area contributed by atoms with Crippen LogP contribution in [-0.2, 0) is 4.79 Å². The Balaban J connectivity index is 2.77. The molecule has 7 nitrogen and oxygen atoms in total. The number of hydrogen-bond donors (Lipinski definition) is 0. The first-order valence-corrected chi connectivity index (χ1v) is 2.97. The highest BCUT2D eigenvalue weighted by atomic mass is 16.7. The largest absolute Gasteiger partial charge is 0.331 e. The first-order valence-electron chi connectivity index (χ1n) is 2.97. The average Bonchev–Trinajstić information content (AvgIpc) is 2.34. The predicted molar refractivity (Wildman–Crippen MR) is 36.1 cm³/mol. The van der Waals surface area contributed by atoms with Crippen LogP contribution >= 0.6 is 0 Å². The second-order valence-electron chi connectivity index (χ2n) is 1.94. The lowest BCUT2D eigenvalue weighted by Gasteiger charge is -1.94. The molecule has 1 rings (SSSR count). The Bertz CT molecular complexity index is 318. The first kappa shape index (κ1) is 8.18. The minimum absolute atomic E-state index is 0.226. The van der Waals surface area contributed by atoms with Gasteiger partial charge in [-0.2, -0.15) is 0 Å². The number of aromatic nitrogens is 2. The fourth-order valence-electron chi connectivity index (χ4n) is 0.572. The second kappa shape index (κ2) is 2.99. The Kier molecular flexibility index (Phi) is 2.04. The van der Waals surface area contributed by atoms with Gasteiger partial charge in [0.25, 0.3) is 0 Å². The van der Waals surface area contributed by atoms with Crippen molar-refractivity contribution in [1.29, 1.82) is 0 Å². The van der Waals surface area contributed by atoms with Crippen LogP contribution in [0.2, 0.25) is 0 Å². The number of hydrogen-bond acceptors (Lipinski definition) is 5. The van der Waals surface area contributed by atoms with Crippen LogP contribution in [0.15, 0.2) is 12.4 Å². The summed E-state index contributed by atoms with van der Waals surface area (Å²) in [5.74, 6) is -0.590. The van der Waals surface area contributed by atoms with Crippen LogP contribution in [0.25, 0.3) is 0 Å². The van der Waals surface area contributed by atoms with Gasteiger partial charge in [-0.25, -0.2) is 4.79 Å². The number of nitro groups is 1. The fourth-order valence-corrected chi connectivity index (χ4v) is 0.572. The van der Waals surface area contributed by atoms with E-state index in [0.717, 1.165) is 17.2 Å². The summed E-state index contributed by atoms with van der Waals surface area (Å²) in [6.07, 6.45) is 1.99. The highest BCUT2D eigenvalue weighted by Crippen LogP contribution is 2.05. The van der Waals surface area contributed by atoms with Crippen molar-refractivity contribution in [1.82, 2.24) is 9.94 Å². The van der Waals surface area contributed by atoms with E-state index in [-0.39, 0.29) is 5.69 Å². The van der Waals surface area contributed by atoms with Gasteiger partial charge in [0.1, 0.15) is 12.4 Å². The van der Waals surface area contributed by atoms with Crippen molar-refractivity contribution >= 4 is 11.7 Å². The zero-order chi connectivity index (χ0) is 9.14. The molecule has 0 atom stereocenters. The van der Waals surface area contributed by atoms with Gasteiger partial charge in [0.05, 0.1) is 4.92 Å². The molecular weight excluding hydrogens is 166 g/mol. The molecule has 0 bridgehead atoms. The molecule has 1 aromatic heterocycles. The van der Waals surface area contributed by atoms with E-state index < -0.39 is 10.9 Å². The van der Waals surface area contributed by atoms with Gasteiger partial charge in [0, 0.05) is 6.92 Å². The topological polar surface area (TPSA) is 87.3 Å². The van der Waals surface area contributed by atoms with Crippen LogP contribution in [0.4, 0.5) is 5.69 Å². The van der Waals surface area contributed by atoms with Gasteiger partial charge >= 0.3 is 11.7 Å². The van der Waals surface area contributed by atoms with E-state index in [1.54, 1.807) is 0 Å². The van der Waals surface area contributed by atoms with Crippen LogP contribution in [-0.4, -0.2) is 20.8 Å². The zero-order valence-electron chi connectivity index (χ0n) is 6.13. The van der Waals surface area contributed by atoms with Gasteiger partial charge in [0.15, 0.2) is 0 Å². The minimum atomic E-state index is -0.632. The monoisotopic (exact) mass is 171 g/mol. The van der Waals surface area contributed by atoms with Crippen molar-refractivity contribution in [3.8, 4) is 0 Å². The van der Waals surface area contributed by atoms with E-state index in [0.29, 0.717) is 0 Å². The predicted octanol–water partition coefficient (Wildman–Crippen LogP) is -0.234. The van der Waals surface area contributed by atoms with Gasteiger partial charge < -0.3 is 4.84 Å². The van der Waals surface area contributed by atoms with E-state index in [2.05, 4.69) is 9.94 Å². The van der Waals surface area contributed by atoms with Crippen LogP contribution in [0.1, 0.15) is 6.92 Å². The molecule has 0 saturated heterocycles. The highest BCUT2D eigenvalue weighted by Gasteiger charge is 2.09. The van der Waals surface area contributed by atoms with Crippen molar-refractivity contribution in [3.63, 3.8) is 0 Å². The lowest BCUT2D eigenvalue weighted by molar-refractivity contribution is -0.385. The third-order valence-electron chi connectivity index (χ3n) is 0.979. The molecule has 0 radical (unpaired) electrons. The normalized spacial score (nSPS) is 9.42. The Hall–Kier alpha value is -1.92. The molecule has 0 fully saturated rings. The van der Waals surface area contributed by atoms with E-state index >= 15 is 0 Å². The molecule has 1 heterocycles. The molecule has 0 aliphatic carbocycles. The van der Waals surface area contributed by atoms with Gasteiger partial charge in [0.2, 0.25) is 0 Å². The van der Waals surface area contributed by atoms with E-state index in [1.165, 1.54) is 6.92 Å². The molecule has 64 valence electrons. The smallest absolute Gasteiger partial charge is 0.319 e. The maximum absolute atomic E-state index is 10.3. The number of carbonyl (C=O) groups excluding carboxylic acids is 1. The van der Waals surface area contributed by atoms with Gasteiger partial charge in [-0.15, -0.1) is 5.10 Å². The first-order chi connectivity index (χ1) is 5.59. The molecule has 7 heteroatoms. The summed E-state index contributed by atoms with van der Waals surface area (Å²) in [6, 6.07) is 0. The minimum Gasteiger partial charge on any atom is -0.319 e. The van der Waals surface area contributed by atoms with E-state index in [1.807, 2.05) is 0 Å². The Labute approximate surface area is 66.7 Å². The van der Waals surface area contributed by atoms with Gasteiger partial charge in [-0.05, 0) is 0 Å². The molecule has 0 amide bonds. The molecule has 0 spiro atoms. The van der Waals surface area contributed by atoms with Crippen molar-refractivity contribution in [2.75, 3.05) is 0 Å². The zero-order valence-corrected chi connectivity index (χ0v) is 6.13. The van der Waals surface area contributed by atoms with Crippen LogP contribution in [0.5, 0.6) is 0 Å². The Morgan fingerprint density at radius 2 is 2.50 bits per heavy atom. The van der Waals surface area contributed by atoms with Crippen LogP contribution in [0.3, 0.4) is 0 Å². The van der Waals surface area contributed by atoms with Crippen LogP contribution < -0.4 is 4.84 Å². The lowest BCUT2D eigenvalue weighted by atomic mass is 10.6. The summed E-state index contributed by atoms with van der Waals surface area (Å²) in [7, 11) is 0. The van der Waals surface area contributed by atoms with E-state index in [4.69, 9.17) is 0 Å². The van der Waals surface area contributed by atoms with Crippen LogP contribution in [0, 0.1) is 10.1 Å². The van der Waals surface area contributed by atoms with Crippen molar-refractivity contribution in [3.05, 3.63) is 22.5 Å². The summed E-state index contributed by atoms with van der Waals surface area (Å²) >= 11 is 0. The molecule has 1 aromatic rings. The molecule has 12 heavy (non-hydrogen) atoms. The summed E-state index contributed by atoms with van der Waals surface area (Å²) in [5.41, 5.74) is -0.226. The quantitative estimate of drug-likeness (QED) is 0.453. The van der Waals surface area contributed by atoms with Crippen molar-refractivity contribution in [2.45, 2.75) is 6.92 Å². The van der Waals surface area contributed by atoms with Crippen molar-refractivity contribution < 1.29 is 14.6 Å². The molecule has 0 unspecified atom stereocenters. The standard InChI is InChI=1S/C5H5N3O4/c1-4(9)12-7-3-5(2-6-7)8(10)11/h2-3H,1H3. The fraction of sp³-hybridized carbons (Fsp3) is 0.200. The summed E-state index contributed by atoms with van der Waals surface area (Å²) in [4.78, 5) is 25.0. The lowest BCUT2D eigenvalue weighted by Crippen LogP contribution is -2.16. The number of nitrogens with zero attached hydrogens (tertiary/aromatic N) is 3. The molecule has 0 aliphatic heterocycles. The number of rotatable bonds is 2. The average molecular weight is 171 g/mol. The second-order valence-corrected chi connectivity index (χ2v) is 1.94. The SMILES string of the molecule is CC(=O)On1cc([N+](=O)[O-])cn1. The molecule has 0 aromatic carbocycles. The number of carbonyl (C=O) groups is 1. The maximum atomic E-state index is 10.3. The van der Waals surface area contributed by atoms with Gasteiger partial charge in [-0.1, -0.05) is 4.85 Å². The molecular formula is C5H5N3O4.